The predicted molar refractivity (Wildman–Crippen MR) is 102 cm³/mol. The molecule has 2 aliphatic rings. The average molecular weight is 459 g/mol. The number of alkyl halides is 3. The first-order valence-corrected chi connectivity index (χ1v) is 11.7. The smallest absolute Gasteiger partial charge is 0.475 e. The maximum Gasteiger partial charge on any atom is 0.490 e. The number of carboxylic acids is 1. The van der Waals surface area contributed by atoms with Crippen molar-refractivity contribution >= 4 is 27.3 Å². The van der Waals surface area contributed by atoms with Gasteiger partial charge in [-0.15, -0.1) is 11.3 Å². The van der Waals surface area contributed by atoms with E-state index in [4.69, 9.17) is 14.6 Å². The number of halogens is 3. The minimum absolute atomic E-state index is 0.0374. The molecule has 166 valence electrons. The molecule has 7 nitrogen and oxygen atoms in total. The van der Waals surface area contributed by atoms with E-state index in [1.54, 1.807) is 0 Å². The highest BCUT2D eigenvalue weighted by Crippen LogP contribution is 2.42. The molecular weight excluding hydrogens is 433 g/mol. The Bertz CT molecular complexity index is 804. The van der Waals surface area contributed by atoms with Crippen LogP contribution in [0.25, 0.3) is 0 Å². The quantitative estimate of drug-likeness (QED) is 0.679. The van der Waals surface area contributed by atoms with E-state index in [-0.39, 0.29) is 5.60 Å². The monoisotopic (exact) mass is 458 g/mol. The number of hydrogen-bond donors (Lipinski definition) is 2. The molecule has 29 heavy (non-hydrogen) atoms. The highest BCUT2D eigenvalue weighted by atomic mass is 32.2. The zero-order valence-corrected chi connectivity index (χ0v) is 17.8. The summed E-state index contributed by atoms with van der Waals surface area (Å²) in [5, 5.41) is 9.27. The standard InChI is InChI=1S/C15H24N2O3S2.C2HF3O2/c1-12-5-8-21-14(12)9-17-10-15(11-17)13(4-7-20-15)3-6-16-22(2,18)19;3-2(4,5)1(6)7/h5,8,13,16H,3-4,6-7,9-11H2,1-2H3;(H,6,7). The topological polar surface area (TPSA) is 95.9 Å². The fourth-order valence-electron chi connectivity index (χ4n) is 3.55. The molecule has 1 atom stereocenters. The SMILES string of the molecule is Cc1ccsc1CN1CC2(C1)OCCC2CCNS(C)(=O)=O.O=C(O)C(F)(F)F. The summed E-state index contributed by atoms with van der Waals surface area (Å²) >= 11 is 1.82. The van der Waals surface area contributed by atoms with Gasteiger partial charge in [-0.25, -0.2) is 17.9 Å². The average Bonchev–Trinajstić information content (AvgIpc) is 3.13. The molecule has 2 fully saturated rings. The van der Waals surface area contributed by atoms with E-state index in [0.29, 0.717) is 12.5 Å². The van der Waals surface area contributed by atoms with Crippen LogP contribution < -0.4 is 4.72 Å². The maximum absolute atomic E-state index is 11.2. The molecule has 0 aromatic carbocycles. The number of thiophene rings is 1. The minimum Gasteiger partial charge on any atom is -0.475 e. The fraction of sp³-hybridized carbons (Fsp3) is 0.706. The molecule has 1 aromatic rings. The first kappa shape index (κ1) is 24.1. The van der Waals surface area contributed by atoms with Crippen molar-refractivity contribution in [1.29, 1.82) is 0 Å². The highest BCUT2D eigenvalue weighted by molar-refractivity contribution is 7.88. The third-order valence-electron chi connectivity index (χ3n) is 5.02. The number of carboxylic acid groups (broad SMARTS) is 1. The van der Waals surface area contributed by atoms with Gasteiger partial charge in [0.05, 0.1) is 11.9 Å². The lowest BCUT2D eigenvalue weighted by Gasteiger charge is -2.50. The third kappa shape index (κ3) is 6.92. The van der Waals surface area contributed by atoms with Crippen molar-refractivity contribution in [3.05, 3.63) is 21.9 Å². The summed E-state index contributed by atoms with van der Waals surface area (Å²) in [6.45, 7) is 6.41. The molecule has 1 spiro atoms. The van der Waals surface area contributed by atoms with Gasteiger partial charge in [0.25, 0.3) is 0 Å². The van der Waals surface area contributed by atoms with Gasteiger partial charge in [-0.3, -0.25) is 4.90 Å². The van der Waals surface area contributed by atoms with Crippen molar-refractivity contribution in [3.63, 3.8) is 0 Å². The molecule has 3 heterocycles. The number of rotatable bonds is 6. The van der Waals surface area contributed by atoms with Crippen LogP contribution in [0, 0.1) is 12.8 Å². The number of nitrogens with one attached hydrogen (secondary N) is 1. The number of aryl methyl sites for hydroxylation is 1. The van der Waals surface area contributed by atoms with Gasteiger partial charge in [0.1, 0.15) is 0 Å². The second-order valence-electron chi connectivity index (χ2n) is 7.33. The van der Waals surface area contributed by atoms with Crippen LogP contribution >= 0.6 is 11.3 Å². The van der Waals surface area contributed by atoms with Gasteiger partial charge in [-0.2, -0.15) is 13.2 Å². The largest absolute Gasteiger partial charge is 0.490 e. The van der Waals surface area contributed by atoms with E-state index < -0.39 is 22.2 Å². The Labute approximate surface area is 171 Å². The number of aliphatic carboxylic acids is 1. The molecule has 1 aromatic heterocycles. The van der Waals surface area contributed by atoms with Crippen molar-refractivity contribution < 1.29 is 36.2 Å². The first-order valence-electron chi connectivity index (χ1n) is 8.96. The van der Waals surface area contributed by atoms with E-state index in [1.807, 2.05) is 11.3 Å². The zero-order chi connectivity index (χ0) is 21.9. The molecule has 12 heteroatoms. The summed E-state index contributed by atoms with van der Waals surface area (Å²) in [6.07, 6.45) is -1.97. The van der Waals surface area contributed by atoms with Crippen LogP contribution in [0.15, 0.2) is 11.4 Å². The second-order valence-corrected chi connectivity index (χ2v) is 10.2. The minimum atomic E-state index is -5.08. The summed E-state index contributed by atoms with van der Waals surface area (Å²) < 4.78 is 62.7. The number of carbonyl (C=O) groups is 1. The van der Waals surface area contributed by atoms with Crippen LogP contribution in [0.3, 0.4) is 0 Å². The van der Waals surface area contributed by atoms with Crippen LogP contribution in [0.5, 0.6) is 0 Å². The van der Waals surface area contributed by atoms with Crippen LogP contribution in [0.4, 0.5) is 13.2 Å². The van der Waals surface area contributed by atoms with Gasteiger partial charge < -0.3 is 9.84 Å². The molecular formula is C17H25F3N2O5S2. The second kappa shape index (κ2) is 9.29. The molecule has 2 saturated heterocycles. The Morgan fingerprint density at radius 3 is 2.55 bits per heavy atom. The van der Waals surface area contributed by atoms with E-state index in [2.05, 4.69) is 28.0 Å². The van der Waals surface area contributed by atoms with Crippen molar-refractivity contribution in [2.45, 2.75) is 38.1 Å². The molecule has 0 saturated carbocycles. The summed E-state index contributed by atoms with van der Waals surface area (Å²) in [6, 6.07) is 2.17. The summed E-state index contributed by atoms with van der Waals surface area (Å²) in [5.41, 5.74) is 1.33. The van der Waals surface area contributed by atoms with Crippen LogP contribution in [0.2, 0.25) is 0 Å². The van der Waals surface area contributed by atoms with Crippen molar-refractivity contribution in [1.82, 2.24) is 9.62 Å². The molecule has 0 aliphatic carbocycles. The Morgan fingerprint density at radius 2 is 2.07 bits per heavy atom. The van der Waals surface area contributed by atoms with Gasteiger partial charge in [0.2, 0.25) is 10.0 Å². The van der Waals surface area contributed by atoms with Crippen molar-refractivity contribution in [2.24, 2.45) is 5.92 Å². The van der Waals surface area contributed by atoms with Gasteiger partial charge in [-0.05, 0) is 42.7 Å². The number of sulfonamides is 1. The third-order valence-corrected chi connectivity index (χ3v) is 6.75. The summed E-state index contributed by atoms with van der Waals surface area (Å²) in [4.78, 5) is 12.8. The van der Waals surface area contributed by atoms with Gasteiger partial charge >= 0.3 is 12.1 Å². The van der Waals surface area contributed by atoms with E-state index in [0.717, 1.165) is 39.1 Å². The van der Waals surface area contributed by atoms with E-state index >= 15 is 0 Å². The summed E-state index contributed by atoms with van der Waals surface area (Å²) in [5.74, 6) is -2.30. The predicted octanol–water partition coefficient (Wildman–Crippen LogP) is 2.22. The van der Waals surface area contributed by atoms with E-state index in [9.17, 15) is 21.6 Å². The van der Waals surface area contributed by atoms with Crippen molar-refractivity contribution in [3.8, 4) is 0 Å². The van der Waals surface area contributed by atoms with Crippen molar-refractivity contribution in [2.75, 3.05) is 32.5 Å². The normalized spacial score (nSPS) is 21.5. The van der Waals surface area contributed by atoms with Gasteiger partial charge in [-0.1, -0.05) is 0 Å². The lowest BCUT2D eigenvalue weighted by atomic mass is 9.79. The Kier molecular flexibility index (Phi) is 7.71. The molecule has 0 amide bonds. The molecule has 2 aliphatic heterocycles. The Balaban J connectivity index is 0.000000370. The lowest BCUT2D eigenvalue weighted by Crippen LogP contribution is -2.64. The number of nitrogens with zero attached hydrogens (tertiary/aromatic N) is 1. The number of likely N-dealkylation sites (tertiary alicyclic amines) is 1. The number of hydrogen-bond acceptors (Lipinski definition) is 6. The molecule has 3 rings (SSSR count). The highest BCUT2D eigenvalue weighted by Gasteiger charge is 2.52. The van der Waals surface area contributed by atoms with Crippen LogP contribution in [-0.4, -0.2) is 68.7 Å². The maximum atomic E-state index is 11.2. The molecule has 0 radical (unpaired) electrons. The molecule has 2 N–H and O–H groups in total. The van der Waals surface area contributed by atoms with Crippen LogP contribution in [0.1, 0.15) is 23.3 Å². The fourth-order valence-corrected chi connectivity index (χ4v) is 4.99. The Morgan fingerprint density at radius 1 is 1.45 bits per heavy atom. The van der Waals surface area contributed by atoms with E-state index in [1.165, 1.54) is 16.7 Å². The zero-order valence-electron chi connectivity index (χ0n) is 16.2. The summed E-state index contributed by atoms with van der Waals surface area (Å²) in [7, 11) is -3.09. The molecule has 1 unspecified atom stereocenters. The first-order chi connectivity index (χ1) is 13.3. The van der Waals surface area contributed by atoms with Gasteiger partial charge in [0.15, 0.2) is 0 Å². The van der Waals surface area contributed by atoms with Crippen LogP contribution in [-0.2, 0) is 26.1 Å². The Hall–Kier alpha value is -1.21. The number of ether oxygens (including phenoxy) is 1. The molecule has 0 bridgehead atoms. The van der Waals surface area contributed by atoms with Gasteiger partial charge in [0, 0.05) is 37.7 Å². The lowest BCUT2D eigenvalue weighted by molar-refractivity contribution is -0.192.